The molecule has 25 heavy (non-hydrogen) atoms. The average Bonchev–Trinajstić information content (AvgIpc) is 2.64. The number of hydrogen-bond donors (Lipinski definition) is 1. The third kappa shape index (κ3) is 4.74. The molecule has 1 N–H and O–H groups in total. The molecule has 0 bridgehead atoms. The molecule has 0 unspecified atom stereocenters. The molecule has 0 atom stereocenters. The van der Waals surface area contributed by atoms with Crippen LogP contribution in [0.4, 0.5) is 0 Å². The van der Waals surface area contributed by atoms with E-state index in [1.807, 2.05) is 6.07 Å². The van der Waals surface area contributed by atoms with Crippen LogP contribution in [0.2, 0.25) is 5.02 Å². The molecule has 2 aromatic rings. The smallest absolute Gasteiger partial charge is 0.255 e. The second kappa shape index (κ2) is 8.37. The van der Waals surface area contributed by atoms with Crippen molar-refractivity contribution in [3.8, 4) is 5.75 Å². The second-order valence-electron chi connectivity index (χ2n) is 6.35. The normalized spacial score (nSPS) is 15.8. The third-order valence-electron chi connectivity index (χ3n) is 4.58. The first-order chi connectivity index (χ1) is 12.2. The van der Waals surface area contributed by atoms with Crippen LogP contribution in [0.25, 0.3) is 0 Å². The van der Waals surface area contributed by atoms with Crippen molar-refractivity contribution in [2.75, 3.05) is 20.2 Å². The Balaban J connectivity index is 1.54. The van der Waals surface area contributed by atoms with Gasteiger partial charge in [-0.1, -0.05) is 41.9 Å². The van der Waals surface area contributed by atoms with Crippen LogP contribution >= 0.6 is 11.6 Å². The lowest BCUT2D eigenvalue weighted by atomic mass is 10.0. The zero-order chi connectivity index (χ0) is 17.6. The molecule has 1 saturated heterocycles. The molecule has 4 nitrogen and oxygen atoms in total. The largest absolute Gasteiger partial charge is 0.496 e. The van der Waals surface area contributed by atoms with Crippen LogP contribution in [0.5, 0.6) is 5.75 Å². The van der Waals surface area contributed by atoms with Crippen LogP contribution in [0, 0.1) is 0 Å². The van der Waals surface area contributed by atoms with Crippen molar-refractivity contribution in [3.63, 3.8) is 0 Å². The van der Waals surface area contributed by atoms with Crippen LogP contribution in [0.15, 0.2) is 48.5 Å². The standard InChI is InChI=1S/C20H23ClN2O2/c1-25-19-8-7-16(21)13-18(19)20(24)22-17-9-11-23(12-10-17)14-15-5-3-2-4-6-15/h2-8,13,17H,9-12,14H2,1H3,(H,22,24). The summed E-state index contributed by atoms with van der Waals surface area (Å²) < 4.78 is 5.27. The number of amides is 1. The first-order valence-electron chi connectivity index (χ1n) is 8.56. The molecule has 2 aromatic carbocycles. The number of likely N-dealkylation sites (tertiary alicyclic amines) is 1. The van der Waals surface area contributed by atoms with Crippen molar-refractivity contribution in [3.05, 3.63) is 64.7 Å². The van der Waals surface area contributed by atoms with Gasteiger partial charge in [0.2, 0.25) is 0 Å². The molecule has 0 aromatic heterocycles. The van der Waals surface area contributed by atoms with Crippen LogP contribution in [-0.2, 0) is 6.54 Å². The Kier molecular flexibility index (Phi) is 5.95. The topological polar surface area (TPSA) is 41.6 Å². The number of nitrogens with zero attached hydrogens (tertiary/aromatic N) is 1. The van der Waals surface area contributed by atoms with Gasteiger partial charge in [-0.3, -0.25) is 9.69 Å². The Bertz CT molecular complexity index is 713. The molecule has 1 amide bonds. The molecule has 1 aliphatic rings. The van der Waals surface area contributed by atoms with E-state index in [2.05, 4.69) is 34.5 Å². The number of nitrogens with one attached hydrogen (secondary N) is 1. The number of carbonyl (C=O) groups is 1. The van der Waals surface area contributed by atoms with Crippen molar-refractivity contribution in [1.29, 1.82) is 0 Å². The molecule has 1 aliphatic heterocycles. The lowest BCUT2D eigenvalue weighted by molar-refractivity contribution is 0.0906. The second-order valence-corrected chi connectivity index (χ2v) is 6.79. The Morgan fingerprint density at radius 2 is 1.92 bits per heavy atom. The molecule has 1 heterocycles. The zero-order valence-electron chi connectivity index (χ0n) is 14.4. The summed E-state index contributed by atoms with van der Waals surface area (Å²) in [7, 11) is 1.56. The summed E-state index contributed by atoms with van der Waals surface area (Å²) in [6.45, 7) is 2.92. The predicted octanol–water partition coefficient (Wildman–Crippen LogP) is 3.74. The van der Waals surface area contributed by atoms with Gasteiger partial charge in [0.15, 0.2) is 0 Å². The molecular formula is C20H23ClN2O2. The van der Waals surface area contributed by atoms with Crippen molar-refractivity contribution in [2.45, 2.75) is 25.4 Å². The number of methoxy groups -OCH3 is 1. The minimum Gasteiger partial charge on any atom is -0.496 e. The summed E-state index contributed by atoms with van der Waals surface area (Å²) in [5.41, 5.74) is 1.82. The Hall–Kier alpha value is -2.04. The van der Waals surface area contributed by atoms with Crippen molar-refractivity contribution in [1.82, 2.24) is 10.2 Å². The van der Waals surface area contributed by atoms with E-state index < -0.39 is 0 Å². The van der Waals surface area contributed by atoms with E-state index >= 15 is 0 Å². The van der Waals surface area contributed by atoms with Gasteiger partial charge < -0.3 is 10.1 Å². The quantitative estimate of drug-likeness (QED) is 0.885. The van der Waals surface area contributed by atoms with E-state index in [4.69, 9.17) is 16.3 Å². The summed E-state index contributed by atoms with van der Waals surface area (Å²) >= 11 is 6.01. The molecule has 5 heteroatoms. The van der Waals surface area contributed by atoms with Gasteiger partial charge in [0, 0.05) is 30.7 Å². The van der Waals surface area contributed by atoms with Gasteiger partial charge in [-0.05, 0) is 36.6 Å². The number of hydrogen-bond acceptors (Lipinski definition) is 3. The molecule has 0 saturated carbocycles. The lowest BCUT2D eigenvalue weighted by Gasteiger charge is -2.32. The fourth-order valence-corrected chi connectivity index (χ4v) is 3.37. The minimum absolute atomic E-state index is 0.124. The van der Waals surface area contributed by atoms with Crippen molar-refractivity contribution in [2.24, 2.45) is 0 Å². The van der Waals surface area contributed by atoms with E-state index in [9.17, 15) is 4.79 Å². The average molecular weight is 359 g/mol. The third-order valence-corrected chi connectivity index (χ3v) is 4.81. The maximum Gasteiger partial charge on any atom is 0.255 e. The monoisotopic (exact) mass is 358 g/mol. The molecule has 132 valence electrons. The first kappa shape index (κ1) is 17.8. The van der Waals surface area contributed by atoms with Gasteiger partial charge in [0.05, 0.1) is 12.7 Å². The van der Waals surface area contributed by atoms with Gasteiger partial charge >= 0.3 is 0 Å². The van der Waals surface area contributed by atoms with Crippen LogP contribution in [-0.4, -0.2) is 37.0 Å². The maximum absolute atomic E-state index is 12.6. The fourth-order valence-electron chi connectivity index (χ4n) is 3.20. The highest BCUT2D eigenvalue weighted by Crippen LogP contribution is 2.23. The number of rotatable bonds is 5. The number of halogens is 1. The predicted molar refractivity (Wildman–Crippen MR) is 100 cm³/mol. The molecular weight excluding hydrogens is 336 g/mol. The van der Waals surface area contributed by atoms with Crippen LogP contribution < -0.4 is 10.1 Å². The minimum atomic E-state index is -0.124. The summed E-state index contributed by atoms with van der Waals surface area (Å²) in [5, 5.41) is 3.65. The Morgan fingerprint density at radius 3 is 2.60 bits per heavy atom. The summed E-state index contributed by atoms with van der Waals surface area (Å²) in [6, 6.07) is 15.8. The molecule has 0 spiro atoms. The number of ether oxygens (including phenoxy) is 1. The molecule has 0 radical (unpaired) electrons. The van der Waals surface area contributed by atoms with E-state index in [0.29, 0.717) is 16.3 Å². The number of piperidine rings is 1. The SMILES string of the molecule is COc1ccc(Cl)cc1C(=O)NC1CCN(Cc2ccccc2)CC1. The van der Waals surface area contributed by atoms with Crippen molar-refractivity contribution >= 4 is 17.5 Å². The van der Waals surface area contributed by atoms with E-state index in [-0.39, 0.29) is 11.9 Å². The highest BCUT2D eigenvalue weighted by molar-refractivity contribution is 6.31. The molecule has 0 aliphatic carbocycles. The van der Waals surface area contributed by atoms with Gasteiger partial charge in [0.1, 0.15) is 5.75 Å². The van der Waals surface area contributed by atoms with E-state index in [1.165, 1.54) is 5.56 Å². The highest BCUT2D eigenvalue weighted by atomic mass is 35.5. The van der Waals surface area contributed by atoms with E-state index in [1.54, 1.807) is 25.3 Å². The van der Waals surface area contributed by atoms with Crippen LogP contribution in [0.3, 0.4) is 0 Å². The number of carbonyl (C=O) groups excluding carboxylic acids is 1. The van der Waals surface area contributed by atoms with Crippen molar-refractivity contribution < 1.29 is 9.53 Å². The van der Waals surface area contributed by atoms with Gasteiger partial charge in [0.25, 0.3) is 5.91 Å². The molecule has 1 fully saturated rings. The first-order valence-corrected chi connectivity index (χ1v) is 8.94. The fraction of sp³-hybridized carbons (Fsp3) is 0.350. The Labute approximate surface area is 153 Å². The maximum atomic E-state index is 12.6. The number of benzene rings is 2. The van der Waals surface area contributed by atoms with Gasteiger partial charge in [-0.15, -0.1) is 0 Å². The van der Waals surface area contributed by atoms with Gasteiger partial charge in [-0.25, -0.2) is 0 Å². The summed E-state index contributed by atoms with van der Waals surface area (Å²) in [5.74, 6) is 0.421. The van der Waals surface area contributed by atoms with E-state index in [0.717, 1.165) is 32.5 Å². The molecule has 3 rings (SSSR count). The Morgan fingerprint density at radius 1 is 1.20 bits per heavy atom. The summed E-state index contributed by atoms with van der Waals surface area (Å²) in [6.07, 6.45) is 1.89. The zero-order valence-corrected chi connectivity index (χ0v) is 15.1. The van der Waals surface area contributed by atoms with Crippen LogP contribution in [0.1, 0.15) is 28.8 Å². The summed E-state index contributed by atoms with van der Waals surface area (Å²) in [4.78, 5) is 15.0. The van der Waals surface area contributed by atoms with Gasteiger partial charge in [-0.2, -0.15) is 0 Å². The lowest BCUT2D eigenvalue weighted by Crippen LogP contribution is -2.44. The highest BCUT2D eigenvalue weighted by Gasteiger charge is 2.22.